The Bertz CT molecular complexity index is 1500. The number of aryl methyl sites for hydroxylation is 1. The van der Waals surface area contributed by atoms with Crippen LogP contribution in [-0.2, 0) is 6.42 Å². The Labute approximate surface area is 225 Å². The lowest BCUT2D eigenvalue weighted by Gasteiger charge is -2.30. The van der Waals surface area contributed by atoms with Gasteiger partial charge in [-0.25, -0.2) is 9.37 Å². The molecule has 2 aromatic carbocycles. The minimum Gasteiger partial charge on any atom is -0.482 e. The van der Waals surface area contributed by atoms with Crippen molar-refractivity contribution in [1.82, 2.24) is 19.6 Å². The predicted molar refractivity (Wildman–Crippen MR) is 144 cm³/mol. The van der Waals surface area contributed by atoms with Gasteiger partial charge in [-0.3, -0.25) is 9.20 Å². The third kappa shape index (κ3) is 4.45. The standard InChI is InChI=1S/C28H27Cl2FN4O2/c1-16-15-17(7-11-21(16)31)27-26(33-23-5-4-6-24(37-3)35(23)27)28(36)34(14-13-32-2)22-12-9-19-18(22)8-10-20(29)25(19)30/h4-8,10-11,15,22,32H,9,12-14H2,1-3H3. The van der Waals surface area contributed by atoms with E-state index in [2.05, 4.69) is 5.32 Å². The molecule has 6 nitrogen and oxygen atoms in total. The highest BCUT2D eigenvalue weighted by Crippen LogP contribution is 2.43. The van der Waals surface area contributed by atoms with E-state index in [0.717, 1.165) is 24.0 Å². The third-order valence-corrected chi connectivity index (χ3v) is 7.79. The molecule has 2 heterocycles. The number of fused-ring (bicyclic) bond motifs is 2. The van der Waals surface area contributed by atoms with Crippen LogP contribution in [0.2, 0.25) is 10.0 Å². The molecule has 0 spiro atoms. The number of benzene rings is 2. The number of hydrogen-bond acceptors (Lipinski definition) is 4. The summed E-state index contributed by atoms with van der Waals surface area (Å²) in [5.41, 5.74) is 4.53. The van der Waals surface area contributed by atoms with Crippen LogP contribution in [-0.4, -0.2) is 47.4 Å². The monoisotopic (exact) mass is 540 g/mol. The molecule has 0 saturated heterocycles. The van der Waals surface area contributed by atoms with Gasteiger partial charge in [-0.15, -0.1) is 0 Å². The first-order valence-corrected chi connectivity index (χ1v) is 12.9. The van der Waals surface area contributed by atoms with E-state index < -0.39 is 0 Å². The Kier molecular flexibility index (Phi) is 7.12. The summed E-state index contributed by atoms with van der Waals surface area (Å²) in [6, 6.07) is 13.8. The Morgan fingerprint density at radius 1 is 1.24 bits per heavy atom. The number of likely N-dealkylation sites (N-methyl/N-ethyl adjacent to an activating group) is 1. The maximum atomic E-state index is 14.4. The number of aromatic nitrogens is 2. The Balaban J connectivity index is 1.68. The van der Waals surface area contributed by atoms with Crippen LogP contribution < -0.4 is 10.1 Å². The van der Waals surface area contributed by atoms with Crippen LogP contribution in [0.15, 0.2) is 48.5 Å². The normalized spacial score (nSPS) is 14.7. The summed E-state index contributed by atoms with van der Waals surface area (Å²) in [5, 5.41) is 4.20. The van der Waals surface area contributed by atoms with Gasteiger partial charge in [0, 0.05) is 18.7 Å². The van der Waals surface area contributed by atoms with Gasteiger partial charge in [-0.1, -0.05) is 35.3 Å². The van der Waals surface area contributed by atoms with Gasteiger partial charge in [0.1, 0.15) is 11.5 Å². The topological polar surface area (TPSA) is 58.9 Å². The average molecular weight is 541 g/mol. The van der Waals surface area contributed by atoms with Gasteiger partial charge in [0.2, 0.25) is 0 Å². The van der Waals surface area contributed by atoms with E-state index in [1.807, 2.05) is 30.1 Å². The summed E-state index contributed by atoms with van der Waals surface area (Å²) in [5.74, 6) is -0.0106. The van der Waals surface area contributed by atoms with Gasteiger partial charge in [0.25, 0.3) is 5.91 Å². The number of carbonyl (C=O) groups excluding carboxylic acids is 1. The van der Waals surface area contributed by atoms with Gasteiger partial charge in [-0.05, 0) is 79.9 Å². The highest BCUT2D eigenvalue weighted by Gasteiger charge is 2.35. The number of hydrogen-bond donors (Lipinski definition) is 1. The second-order valence-corrected chi connectivity index (χ2v) is 9.91. The third-order valence-electron chi connectivity index (χ3n) is 6.95. The van der Waals surface area contributed by atoms with Crippen molar-refractivity contribution in [3.8, 4) is 17.1 Å². The van der Waals surface area contributed by atoms with Gasteiger partial charge >= 0.3 is 0 Å². The first kappa shape index (κ1) is 25.5. The zero-order valence-electron chi connectivity index (χ0n) is 20.8. The van der Waals surface area contributed by atoms with Crippen LogP contribution in [0.4, 0.5) is 4.39 Å². The molecule has 4 aromatic rings. The molecule has 0 fully saturated rings. The maximum absolute atomic E-state index is 14.4. The van der Waals surface area contributed by atoms with Crippen molar-refractivity contribution in [2.45, 2.75) is 25.8 Å². The van der Waals surface area contributed by atoms with Gasteiger partial charge in [0.15, 0.2) is 11.6 Å². The van der Waals surface area contributed by atoms with Crippen molar-refractivity contribution in [2.75, 3.05) is 27.2 Å². The molecule has 37 heavy (non-hydrogen) atoms. The molecule has 0 radical (unpaired) electrons. The quantitative estimate of drug-likeness (QED) is 0.307. The number of pyridine rings is 1. The van der Waals surface area contributed by atoms with Crippen molar-refractivity contribution in [2.24, 2.45) is 0 Å². The number of nitrogens with zero attached hydrogens (tertiary/aromatic N) is 3. The van der Waals surface area contributed by atoms with Crippen molar-refractivity contribution in [3.05, 3.63) is 86.8 Å². The Morgan fingerprint density at radius 3 is 2.78 bits per heavy atom. The van der Waals surface area contributed by atoms with Gasteiger partial charge in [-0.2, -0.15) is 0 Å². The fourth-order valence-corrected chi connectivity index (χ4v) is 5.58. The average Bonchev–Trinajstić information content (AvgIpc) is 3.50. The van der Waals surface area contributed by atoms with E-state index in [4.69, 9.17) is 32.9 Å². The van der Waals surface area contributed by atoms with E-state index >= 15 is 0 Å². The minimum absolute atomic E-state index is 0.180. The first-order chi connectivity index (χ1) is 17.8. The highest BCUT2D eigenvalue weighted by atomic mass is 35.5. The molecule has 1 amide bonds. The molecule has 2 aromatic heterocycles. The second-order valence-electron chi connectivity index (χ2n) is 9.12. The summed E-state index contributed by atoms with van der Waals surface area (Å²) < 4.78 is 21.6. The number of carbonyl (C=O) groups is 1. The number of imidazole rings is 1. The van der Waals surface area contributed by atoms with Crippen molar-refractivity contribution in [1.29, 1.82) is 0 Å². The van der Waals surface area contributed by atoms with E-state index in [-0.39, 0.29) is 23.5 Å². The van der Waals surface area contributed by atoms with Crippen molar-refractivity contribution < 1.29 is 13.9 Å². The van der Waals surface area contributed by atoms with E-state index in [9.17, 15) is 9.18 Å². The zero-order valence-corrected chi connectivity index (χ0v) is 22.3. The lowest BCUT2D eigenvalue weighted by molar-refractivity contribution is 0.0674. The van der Waals surface area contributed by atoms with Crippen LogP contribution in [0.25, 0.3) is 16.9 Å². The van der Waals surface area contributed by atoms with Crippen molar-refractivity contribution in [3.63, 3.8) is 0 Å². The molecule has 9 heteroatoms. The molecule has 1 aliphatic carbocycles. The number of rotatable bonds is 7. The molecule has 192 valence electrons. The van der Waals surface area contributed by atoms with Crippen LogP contribution >= 0.6 is 23.2 Å². The fraction of sp³-hybridized carbons (Fsp3) is 0.286. The van der Waals surface area contributed by atoms with E-state index in [0.29, 0.717) is 51.5 Å². The molecule has 0 saturated carbocycles. The minimum atomic E-state index is -0.314. The highest BCUT2D eigenvalue weighted by molar-refractivity contribution is 6.42. The van der Waals surface area contributed by atoms with Crippen molar-refractivity contribution >= 4 is 34.8 Å². The van der Waals surface area contributed by atoms with Gasteiger partial charge in [0.05, 0.1) is 28.9 Å². The summed E-state index contributed by atoms with van der Waals surface area (Å²) >= 11 is 12.8. The predicted octanol–water partition coefficient (Wildman–Crippen LogP) is 6.11. The summed E-state index contributed by atoms with van der Waals surface area (Å²) in [6.07, 6.45) is 1.46. The van der Waals surface area contributed by atoms with E-state index in [1.54, 1.807) is 42.7 Å². The van der Waals surface area contributed by atoms with Gasteiger partial charge < -0.3 is 15.0 Å². The van der Waals surface area contributed by atoms with Crippen LogP contribution in [0, 0.1) is 12.7 Å². The van der Waals surface area contributed by atoms with Crippen LogP contribution in [0.3, 0.4) is 0 Å². The smallest absolute Gasteiger partial charge is 0.275 e. The summed E-state index contributed by atoms with van der Waals surface area (Å²) in [6.45, 7) is 2.76. The molecule has 1 N–H and O–H groups in total. The molecule has 1 aliphatic rings. The second kappa shape index (κ2) is 10.3. The maximum Gasteiger partial charge on any atom is 0.275 e. The zero-order chi connectivity index (χ0) is 26.3. The van der Waals surface area contributed by atoms with Crippen LogP contribution in [0.1, 0.15) is 39.6 Å². The fourth-order valence-electron chi connectivity index (χ4n) is 5.13. The summed E-state index contributed by atoms with van der Waals surface area (Å²) in [7, 11) is 3.42. The molecule has 0 bridgehead atoms. The largest absolute Gasteiger partial charge is 0.482 e. The molecule has 1 atom stereocenters. The SMILES string of the molecule is CNCCN(C(=O)c1nc2cccc(OC)n2c1-c1ccc(F)c(C)c1)C1CCc2c1ccc(Cl)c2Cl. The summed E-state index contributed by atoms with van der Waals surface area (Å²) in [4.78, 5) is 21.0. The van der Waals surface area contributed by atoms with E-state index in [1.165, 1.54) is 6.07 Å². The molecular formula is C28H27Cl2FN4O2. The molecule has 1 unspecified atom stereocenters. The number of halogens is 3. The lowest BCUT2D eigenvalue weighted by Crippen LogP contribution is -2.39. The number of ether oxygens (including phenoxy) is 1. The first-order valence-electron chi connectivity index (χ1n) is 12.1. The number of amides is 1. The number of nitrogens with one attached hydrogen (secondary N) is 1. The molecule has 0 aliphatic heterocycles. The number of methoxy groups -OCH3 is 1. The Hall–Kier alpha value is -3.13. The lowest BCUT2D eigenvalue weighted by atomic mass is 10.0. The molecule has 5 rings (SSSR count). The van der Waals surface area contributed by atoms with Crippen LogP contribution in [0.5, 0.6) is 5.88 Å². The molecular weight excluding hydrogens is 514 g/mol. The Morgan fingerprint density at radius 2 is 2.05 bits per heavy atom.